The van der Waals surface area contributed by atoms with Crippen LogP contribution in [0.3, 0.4) is 0 Å². The fourth-order valence-electron chi connectivity index (χ4n) is 4.41. The lowest BCUT2D eigenvalue weighted by atomic mass is 9.84. The smallest absolute Gasteiger partial charge is 0.413 e. The maximum Gasteiger partial charge on any atom is 0.418 e. The van der Waals surface area contributed by atoms with E-state index >= 15 is 0 Å². The second-order valence-corrected chi connectivity index (χ2v) is 9.26. The van der Waals surface area contributed by atoms with E-state index in [4.69, 9.17) is 4.42 Å². The molecule has 1 saturated carbocycles. The summed E-state index contributed by atoms with van der Waals surface area (Å²) < 4.78 is 107. The summed E-state index contributed by atoms with van der Waals surface area (Å²) in [4.78, 5) is 20.4. The zero-order chi connectivity index (χ0) is 30.5. The second kappa shape index (κ2) is 12.7. The molecular formula is C26H22F8N6O2. The van der Waals surface area contributed by atoms with E-state index in [1.54, 1.807) is 0 Å². The Morgan fingerprint density at radius 1 is 0.929 bits per heavy atom. The van der Waals surface area contributed by atoms with Crippen molar-refractivity contribution in [2.24, 2.45) is 0 Å². The fraction of sp³-hybridized carbons (Fsp3) is 0.385. The van der Waals surface area contributed by atoms with Gasteiger partial charge in [-0.15, -0.1) is 10.2 Å². The molecule has 4 heterocycles. The van der Waals surface area contributed by atoms with Crippen LogP contribution in [0.5, 0.6) is 0 Å². The van der Waals surface area contributed by atoms with Gasteiger partial charge < -0.3 is 4.42 Å². The minimum absolute atomic E-state index is 0.0611. The summed E-state index contributed by atoms with van der Waals surface area (Å²) in [6.07, 6.45) is -4.23. The van der Waals surface area contributed by atoms with Gasteiger partial charge in [0.25, 0.3) is 17.3 Å². The van der Waals surface area contributed by atoms with Crippen LogP contribution in [0.1, 0.15) is 72.7 Å². The van der Waals surface area contributed by atoms with Crippen molar-refractivity contribution in [1.82, 2.24) is 29.9 Å². The van der Waals surface area contributed by atoms with Gasteiger partial charge in [-0.2, -0.15) is 40.2 Å². The van der Waals surface area contributed by atoms with Crippen LogP contribution in [-0.4, -0.2) is 29.9 Å². The van der Waals surface area contributed by atoms with E-state index < -0.39 is 47.9 Å². The van der Waals surface area contributed by atoms with Crippen molar-refractivity contribution in [2.45, 2.75) is 63.3 Å². The number of pyridine rings is 2. The quantitative estimate of drug-likeness (QED) is 0.231. The first-order chi connectivity index (χ1) is 19.8. The molecule has 16 heteroatoms. The summed E-state index contributed by atoms with van der Waals surface area (Å²) in [5.41, 5.74) is -2.34. The zero-order valence-corrected chi connectivity index (χ0v) is 21.5. The van der Waals surface area contributed by atoms with Crippen molar-refractivity contribution in [2.75, 3.05) is 0 Å². The molecule has 5 rings (SSSR count). The summed E-state index contributed by atoms with van der Waals surface area (Å²) in [5, 5.41) is 10.9. The monoisotopic (exact) mass is 602 g/mol. The predicted molar refractivity (Wildman–Crippen MR) is 130 cm³/mol. The lowest BCUT2D eigenvalue weighted by Gasteiger charge is -2.22. The van der Waals surface area contributed by atoms with E-state index in [-0.39, 0.29) is 23.2 Å². The highest BCUT2D eigenvalue weighted by Gasteiger charge is 2.34. The Kier molecular flexibility index (Phi) is 9.31. The average molecular weight is 602 g/mol. The summed E-state index contributed by atoms with van der Waals surface area (Å²) in [6, 6.07) is 5.28. The van der Waals surface area contributed by atoms with Crippen LogP contribution in [0.15, 0.2) is 58.1 Å². The van der Waals surface area contributed by atoms with Crippen molar-refractivity contribution in [1.29, 1.82) is 0 Å². The second-order valence-electron chi connectivity index (χ2n) is 9.26. The summed E-state index contributed by atoms with van der Waals surface area (Å²) in [5.74, 6) is -1.39. The number of halogens is 8. The molecular weight excluding hydrogens is 580 g/mol. The molecule has 0 saturated heterocycles. The Labute approximate surface area is 232 Å². The molecule has 4 aromatic heterocycles. The van der Waals surface area contributed by atoms with Gasteiger partial charge in [0.2, 0.25) is 0 Å². The Morgan fingerprint density at radius 3 is 2.19 bits per heavy atom. The van der Waals surface area contributed by atoms with E-state index in [1.165, 1.54) is 12.3 Å². The third-order valence-electron chi connectivity index (χ3n) is 6.40. The molecule has 224 valence electrons. The Morgan fingerprint density at radius 2 is 1.62 bits per heavy atom. The normalized spacial score (nSPS) is 14.5. The van der Waals surface area contributed by atoms with Crippen molar-refractivity contribution in [3.05, 3.63) is 87.6 Å². The molecule has 0 aliphatic heterocycles. The number of rotatable bonds is 5. The standard InChI is InChI=1S/C20H18F5N5O2.C6H4F3N/c21-16(22)18-28-27-17(32-18)14-9-12(11-5-2-1-3-6-11)19(31)30(29-14)10-15-13(20(23,24)25)7-4-8-26-15;7-6(8,9)5-1-3-10-4-2-5/h4,7-9,11,16H,1-3,5-6,10H2;1-4H. The number of hydrogen-bond acceptors (Lipinski definition) is 7. The Hall–Kier alpha value is -4.24. The number of aromatic nitrogens is 6. The predicted octanol–water partition coefficient (Wildman–Crippen LogP) is 6.84. The first-order valence-corrected chi connectivity index (χ1v) is 12.6. The summed E-state index contributed by atoms with van der Waals surface area (Å²) in [6.45, 7) is -0.558. The summed E-state index contributed by atoms with van der Waals surface area (Å²) >= 11 is 0. The molecule has 0 bridgehead atoms. The Bertz CT molecular complexity index is 1530. The topological polar surface area (TPSA) is 99.6 Å². The van der Waals surface area contributed by atoms with Crippen molar-refractivity contribution in [3.63, 3.8) is 0 Å². The molecule has 1 aliphatic rings. The molecule has 42 heavy (non-hydrogen) atoms. The van der Waals surface area contributed by atoms with Gasteiger partial charge in [0.1, 0.15) is 5.69 Å². The van der Waals surface area contributed by atoms with Crippen molar-refractivity contribution >= 4 is 0 Å². The highest BCUT2D eigenvalue weighted by atomic mass is 19.4. The van der Waals surface area contributed by atoms with Gasteiger partial charge in [-0.25, -0.2) is 4.68 Å². The van der Waals surface area contributed by atoms with Gasteiger partial charge in [0, 0.05) is 24.2 Å². The molecule has 0 atom stereocenters. The first kappa shape index (κ1) is 30.7. The van der Waals surface area contributed by atoms with Crippen LogP contribution in [0, 0.1) is 0 Å². The maximum atomic E-state index is 13.4. The first-order valence-electron chi connectivity index (χ1n) is 12.6. The molecule has 0 unspecified atom stereocenters. The SMILES string of the molecule is FC(F)(F)c1ccncc1.O=c1c(C2CCCCC2)cc(-c2nnc(C(F)F)o2)nn1Cc1ncccc1C(F)(F)F. The average Bonchev–Trinajstić information content (AvgIpc) is 3.46. The van der Waals surface area contributed by atoms with E-state index in [1.807, 2.05) is 0 Å². The fourth-order valence-corrected chi connectivity index (χ4v) is 4.41. The number of nitrogens with zero attached hydrogens (tertiary/aromatic N) is 6. The molecule has 0 radical (unpaired) electrons. The van der Waals surface area contributed by atoms with E-state index in [0.717, 1.165) is 73.4 Å². The molecule has 4 aromatic rings. The Balaban J connectivity index is 0.000000343. The number of hydrogen-bond donors (Lipinski definition) is 0. The largest absolute Gasteiger partial charge is 0.418 e. The van der Waals surface area contributed by atoms with Gasteiger partial charge in [-0.3, -0.25) is 14.8 Å². The molecule has 1 aliphatic carbocycles. The minimum Gasteiger partial charge on any atom is -0.413 e. The van der Waals surface area contributed by atoms with Gasteiger partial charge in [-0.1, -0.05) is 19.3 Å². The molecule has 0 amide bonds. The summed E-state index contributed by atoms with van der Waals surface area (Å²) in [7, 11) is 0. The van der Waals surface area contributed by atoms with Crippen molar-refractivity contribution in [3.8, 4) is 11.6 Å². The third kappa shape index (κ3) is 7.53. The van der Waals surface area contributed by atoms with Gasteiger partial charge in [0.15, 0.2) is 0 Å². The van der Waals surface area contributed by atoms with E-state index in [2.05, 4.69) is 25.3 Å². The molecule has 0 spiro atoms. The van der Waals surface area contributed by atoms with Gasteiger partial charge in [0.05, 0.1) is 23.4 Å². The van der Waals surface area contributed by atoms with Crippen molar-refractivity contribution < 1.29 is 39.5 Å². The molecule has 0 N–H and O–H groups in total. The van der Waals surface area contributed by atoms with Crippen LogP contribution in [-0.2, 0) is 18.9 Å². The highest BCUT2D eigenvalue weighted by molar-refractivity contribution is 5.47. The van der Waals surface area contributed by atoms with Crippen LogP contribution in [0.4, 0.5) is 35.1 Å². The van der Waals surface area contributed by atoms with E-state index in [0.29, 0.717) is 5.56 Å². The van der Waals surface area contributed by atoms with Crippen LogP contribution in [0.25, 0.3) is 11.6 Å². The minimum atomic E-state index is -4.67. The van der Waals surface area contributed by atoms with Gasteiger partial charge >= 0.3 is 18.8 Å². The lowest BCUT2D eigenvalue weighted by Crippen LogP contribution is -2.30. The van der Waals surface area contributed by atoms with E-state index in [9.17, 15) is 39.9 Å². The molecule has 1 fully saturated rings. The lowest BCUT2D eigenvalue weighted by molar-refractivity contribution is -0.139. The molecule has 0 aromatic carbocycles. The third-order valence-corrected chi connectivity index (χ3v) is 6.40. The van der Waals surface area contributed by atoms with Crippen LogP contribution < -0.4 is 5.56 Å². The number of alkyl halides is 8. The van der Waals surface area contributed by atoms with Crippen LogP contribution in [0.2, 0.25) is 0 Å². The molecule has 8 nitrogen and oxygen atoms in total. The van der Waals surface area contributed by atoms with Gasteiger partial charge in [-0.05, 0) is 49.1 Å². The van der Waals surface area contributed by atoms with Crippen LogP contribution >= 0.6 is 0 Å². The zero-order valence-electron chi connectivity index (χ0n) is 21.5. The highest BCUT2D eigenvalue weighted by Crippen LogP contribution is 2.34. The maximum absolute atomic E-state index is 13.4.